The SMILES string of the molecule is C=C1c2ccc(C)cc2C(N)=CN1C. The second-order valence-electron chi connectivity index (χ2n) is 3.69. The van der Waals surface area contributed by atoms with Gasteiger partial charge in [0.15, 0.2) is 0 Å². The van der Waals surface area contributed by atoms with Crippen molar-refractivity contribution in [1.29, 1.82) is 0 Å². The van der Waals surface area contributed by atoms with E-state index in [1.807, 2.05) is 18.1 Å². The van der Waals surface area contributed by atoms with Crippen LogP contribution in [0.3, 0.4) is 0 Å². The summed E-state index contributed by atoms with van der Waals surface area (Å²) in [5.41, 5.74) is 11.2. The Morgan fingerprint density at radius 2 is 2.00 bits per heavy atom. The van der Waals surface area contributed by atoms with Gasteiger partial charge in [-0.3, -0.25) is 0 Å². The highest BCUT2D eigenvalue weighted by Gasteiger charge is 2.16. The molecule has 0 saturated carbocycles. The predicted octanol–water partition coefficient (Wildman–Crippen LogP) is 2.17. The summed E-state index contributed by atoms with van der Waals surface area (Å²) in [6, 6.07) is 6.25. The molecular weight excluding hydrogens is 172 g/mol. The second-order valence-corrected chi connectivity index (χ2v) is 3.69. The summed E-state index contributed by atoms with van der Waals surface area (Å²) in [6.07, 6.45) is 1.91. The lowest BCUT2D eigenvalue weighted by molar-refractivity contribution is 0.651. The van der Waals surface area contributed by atoms with Gasteiger partial charge in [0, 0.05) is 30.1 Å². The Morgan fingerprint density at radius 3 is 2.71 bits per heavy atom. The molecule has 2 N–H and O–H groups in total. The Bertz CT molecular complexity index is 430. The van der Waals surface area contributed by atoms with Gasteiger partial charge in [0.2, 0.25) is 0 Å². The number of nitrogens with zero attached hydrogens (tertiary/aromatic N) is 1. The fourth-order valence-electron chi connectivity index (χ4n) is 1.69. The molecule has 1 aliphatic heterocycles. The first kappa shape index (κ1) is 8.88. The van der Waals surface area contributed by atoms with Crippen molar-refractivity contribution in [3.63, 3.8) is 0 Å². The first-order chi connectivity index (χ1) is 6.59. The number of hydrogen-bond acceptors (Lipinski definition) is 2. The van der Waals surface area contributed by atoms with E-state index in [2.05, 4.69) is 31.7 Å². The monoisotopic (exact) mass is 186 g/mol. The highest BCUT2D eigenvalue weighted by atomic mass is 15.1. The molecule has 2 rings (SSSR count). The van der Waals surface area contributed by atoms with Crippen LogP contribution in [-0.4, -0.2) is 11.9 Å². The molecule has 0 radical (unpaired) electrons. The Labute approximate surface area is 84.3 Å². The van der Waals surface area contributed by atoms with Crippen molar-refractivity contribution >= 4 is 11.4 Å². The fourth-order valence-corrected chi connectivity index (χ4v) is 1.69. The third-order valence-corrected chi connectivity index (χ3v) is 2.56. The van der Waals surface area contributed by atoms with Crippen molar-refractivity contribution in [2.45, 2.75) is 6.92 Å². The molecular formula is C12H14N2. The average Bonchev–Trinajstić information content (AvgIpc) is 2.14. The minimum atomic E-state index is 0.804. The molecule has 2 heteroatoms. The number of aryl methyl sites for hydroxylation is 1. The quantitative estimate of drug-likeness (QED) is 0.672. The molecule has 1 heterocycles. The van der Waals surface area contributed by atoms with Gasteiger partial charge >= 0.3 is 0 Å². The largest absolute Gasteiger partial charge is 0.397 e. The molecule has 1 aromatic carbocycles. The van der Waals surface area contributed by atoms with E-state index < -0.39 is 0 Å². The van der Waals surface area contributed by atoms with E-state index in [0.29, 0.717) is 0 Å². The maximum atomic E-state index is 5.95. The topological polar surface area (TPSA) is 29.3 Å². The Hall–Kier alpha value is -1.70. The van der Waals surface area contributed by atoms with Gasteiger partial charge in [0.25, 0.3) is 0 Å². The number of nitrogens with two attached hydrogens (primary N) is 1. The van der Waals surface area contributed by atoms with Gasteiger partial charge in [-0.05, 0) is 13.0 Å². The van der Waals surface area contributed by atoms with E-state index in [4.69, 9.17) is 5.73 Å². The molecule has 0 saturated heterocycles. The third kappa shape index (κ3) is 1.20. The Kier molecular flexibility index (Phi) is 1.84. The van der Waals surface area contributed by atoms with Gasteiger partial charge in [-0.15, -0.1) is 0 Å². The lowest BCUT2D eigenvalue weighted by atomic mass is 9.97. The number of fused-ring (bicyclic) bond motifs is 1. The molecule has 72 valence electrons. The second kappa shape index (κ2) is 2.91. The molecule has 14 heavy (non-hydrogen) atoms. The van der Waals surface area contributed by atoms with Gasteiger partial charge in [0.05, 0.1) is 5.70 Å². The third-order valence-electron chi connectivity index (χ3n) is 2.56. The van der Waals surface area contributed by atoms with Crippen molar-refractivity contribution in [3.8, 4) is 0 Å². The standard InChI is InChI=1S/C12H14N2/c1-8-4-5-10-9(2)14(3)7-12(13)11(10)6-8/h4-7H,2,13H2,1,3H3. The van der Waals surface area contributed by atoms with Gasteiger partial charge < -0.3 is 10.6 Å². The summed E-state index contributed by atoms with van der Waals surface area (Å²) in [6.45, 7) is 6.09. The first-order valence-corrected chi connectivity index (χ1v) is 4.60. The van der Waals surface area contributed by atoms with Gasteiger partial charge in [-0.2, -0.15) is 0 Å². The van der Waals surface area contributed by atoms with Crippen LogP contribution in [0.2, 0.25) is 0 Å². The molecule has 0 aliphatic carbocycles. The van der Waals surface area contributed by atoms with Crippen LogP contribution in [0.5, 0.6) is 0 Å². The molecule has 1 aliphatic rings. The van der Waals surface area contributed by atoms with Gasteiger partial charge in [-0.1, -0.05) is 24.3 Å². The number of hydrogen-bond donors (Lipinski definition) is 1. The van der Waals surface area contributed by atoms with E-state index in [9.17, 15) is 0 Å². The van der Waals surface area contributed by atoms with E-state index in [1.165, 1.54) is 5.56 Å². The lowest BCUT2D eigenvalue weighted by Crippen LogP contribution is -2.18. The summed E-state index contributed by atoms with van der Waals surface area (Å²) >= 11 is 0. The van der Waals surface area contributed by atoms with Crippen molar-refractivity contribution in [3.05, 3.63) is 47.7 Å². The predicted molar refractivity (Wildman–Crippen MR) is 60.1 cm³/mol. The molecule has 0 bridgehead atoms. The molecule has 2 nitrogen and oxygen atoms in total. The minimum Gasteiger partial charge on any atom is -0.397 e. The zero-order valence-electron chi connectivity index (χ0n) is 8.54. The molecule has 0 fully saturated rings. The van der Waals surface area contributed by atoms with Crippen molar-refractivity contribution in [1.82, 2.24) is 4.90 Å². The zero-order valence-corrected chi connectivity index (χ0v) is 8.54. The Morgan fingerprint density at radius 1 is 1.29 bits per heavy atom. The normalized spacial score (nSPS) is 15.1. The van der Waals surface area contributed by atoms with Gasteiger partial charge in [0.1, 0.15) is 0 Å². The van der Waals surface area contributed by atoms with E-state index in [0.717, 1.165) is 22.5 Å². The average molecular weight is 186 g/mol. The van der Waals surface area contributed by atoms with Crippen LogP contribution in [0.4, 0.5) is 0 Å². The maximum absolute atomic E-state index is 5.95. The van der Waals surface area contributed by atoms with Crippen molar-refractivity contribution < 1.29 is 0 Å². The summed E-state index contributed by atoms with van der Waals surface area (Å²) < 4.78 is 0. The lowest BCUT2D eigenvalue weighted by Gasteiger charge is -2.26. The molecule has 0 spiro atoms. The maximum Gasteiger partial charge on any atom is 0.0559 e. The van der Waals surface area contributed by atoms with E-state index in [-0.39, 0.29) is 0 Å². The fraction of sp³-hybridized carbons (Fsp3) is 0.167. The summed E-state index contributed by atoms with van der Waals surface area (Å²) in [7, 11) is 1.96. The van der Waals surface area contributed by atoms with Crippen molar-refractivity contribution in [2.75, 3.05) is 7.05 Å². The highest BCUT2D eigenvalue weighted by molar-refractivity contribution is 5.81. The van der Waals surface area contributed by atoms with Crippen LogP contribution >= 0.6 is 0 Å². The van der Waals surface area contributed by atoms with Crippen LogP contribution < -0.4 is 5.73 Å². The number of rotatable bonds is 0. The first-order valence-electron chi connectivity index (χ1n) is 4.60. The van der Waals surface area contributed by atoms with Crippen LogP contribution in [0.1, 0.15) is 16.7 Å². The van der Waals surface area contributed by atoms with Crippen LogP contribution in [0.15, 0.2) is 31.0 Å². The zero-order chi connectivity index (χ0) is 10.3. The van der Waals surface area contributed by atoms with Crippen LogP contribution in [0.25, 0.3) is 11.4 Å². The van der Waals surface area contributed by atoms with E-state index >= 15 is 0 Å². The van der Waals surface area contributed by atoms with Crippen LogP contribution in [-0.2, 0) is 0 Å². The van der Waals surface area contributed by atoms with Crippen molar-refractivity contribution in [2.24, 2.45) is 5.73 Å². The summed E-state index contributed by atoms with van der Waals surface area (Å²) in [5.74, 6) is 0. The summed E-state index contributed by atoms with van der Waals surface area (Å²) in [5, 5.41) is 0. The molecule has 0 atom stereocenters. The highest BCUT2D eigenvalue weighted by Crippen LogP contribution is 2.30. The van der Waals surface area contributed by atoms with E-state index in [1.54, 1.807) is 0 Å². The number of benzene rings is 1. The Balaban J connectivity index is 2.66. The molecule has 1 aromatic rings. The molecule has 0 unspecified atom stereocenters. The molecule has 0 aromatic heterocycles. The smallest absolute Gasteiger partial charge is 0.0559 e. The molecule has 0 amide bonds. The van der Waals surface area contributed by atoms with Gasteiger partial charge in [-0.25, -0.2) is 0 Å². The minimum absolute atomic E-state index is 0.804. The van der Waals surface area contributed by atoms with Crippen LogP contribution in [0, 0.1) is 6.92 Å². The summed E-state index contributed by atoms with van der Waals surface area (Å²) in [4.78, 5) is 1.95.